The first-order chi connectivity index (χ1) is 7.49. The second kappa shape index (κ2) is 5.49. The Hall–Kier alpha value is -1.10. The molecule has 0 saturated carbocycles. The van der Waals surface area contributed by atoms with Gasteiger partial charge < -0.3 is 14.6 Å². The highest BCUT2D eigenvalue weighted by atomic mass is 16.6. The van der Waals surface area contributed by atoms with Crippen LogP contribution < -0.4 is 0 Å². The SMILES string of the molecule is COC(C)(C)[C@H](CC(=O)OC(C)(C)C)C(=O)O. The third-order valence-electron chi connectivity index (χ3n) is 2.45. The van der Waals surface area contributed by atoms with Crippen molar-refractivity contribution in [3.8, 4) is 0 Å². The minimum Gasteiger partial charge on any atom is -0.481 e. The van der Waals surface area contributed by atoms with Crippen molar-refractivity contribution in [2.45, 2.75) is 52.2 Å². The maximum Gasteiger partial charge on any atom is 0.310 e. The molecule has 0 amide bonds. The van der Waals surface area contributed by atoms with Crippen LogP contribution in [0.2, 0.25) is 0 Å². The normalized spacial score (nSPS) is 14.2. The second-order valence-electron chi connectivity index (χ2n) is 5.49. The van der Waals surface area contributed by atoms with Crippen molar-refractivity contribution in [1.29, 1.82) is 0 Å². The van der Waals surface area contributed by atoms with Crippen LogP contribution in [0.25, 0.3) is 0 Å². The highest BCUT2D eigenvalue weighted by molar-refractivity contribution is 5.80. The summed E-state index contributed by atoms with van der Waals surface area (Å²) in [6.07, 6.45) is -0.201. The average molecular weight is 246 g/mol. The molecule has 0 spiro atoms. The Morgan fingerprint density at radius 2 is 1.65 bits per heavy atom. The fourth-order valence-corrected chi connectivity index (χ4v) is 1.32. The van der Waals surface area contributed by atoms with Crippen molar-refractivity contribution < 1.29 is 24.2 Å². The summed E-state index contributed by atoms with van der Waals surface area (Å²) in [7, 11) is 1.42. The van der Waals surface area contributed by atoms with Gasteiger partial charge in [-0.25, -0.2) is 0 Å². The van der Waals surface area contributed by atoms with Gasteiger partial charge >= 0.3 is 11.9 Å². The van der Waals surface area contributed by atoms with E-state index >= 15 is 0 Å². The summed E-state index contributed by atoms with van der Waals surface area (Å²) in [6, 6.07) is 0. The molecule has 1 atom stereocenters. The van der Waals surface area contributed by atoms with Gasteiger partial charge in [-0.05, 0) is 34.6 Å². The molecule has 0 aliphatic rings. The zero-order valence-corrected chi connectivity index (χ0v) is 11.4. The van der Waals surface area contributed by atoms with Crippen LogP contribution in [0.15, 0.2) is 0 Å². The van der Waals surface area contributed by atoms with Crippen molar-refractivity contribution in [2.24, 2.45) is 5.92 Å². The lowest BCUT2D eigenvalue weighted by molar-refractivity contribution is -0.167. The number of ether oxygens (including phenoxy) is 2. The molecule has 0 radical (unpaired) electrons. The van der Waals surface area contributed by atoms with Crippen molar-refractivity contribution in [2.75, 3.05) is 7.11 Å². The molecular weight excluding hydrogens is 224 g/mol. The van der Waals surface area contributed by atoms with Crippen LogP contribution in [0.3, 0.4) is 0 Å². The second-order valence-corrected chi connectivity index (χ2v) is 5.49. The van der Waals surface area contributed by atoms with Gasteiger partial charge in [0.05, 0.1) is 17.9 Å². The van der Waals surface area contributed by atoms with Crippen molar-refractivity contribution in [3.05, 3.63) is 0 Å². The Kier molecular flexibility index (Phi) is 5.13. The Bertz CT molecular complexity index is 288. The highest BCUT2D eigenvalue weighted by Gasteiger charge is 2.38. The first kappa shape index (κ1) is 15.9. The molecular formula is C12H22O5. The van der Waals surface area contributed by atoms with E-state index < -0.39 is 29.1 Å². The van der Waals surface area contributed by atoms with Crippen LogP contribution in [0.5, 0.6) is 0 Å². The van der Waals surface area contributed by atoms with E-state index in [-0.39, 0.29) is 6.42 Å². The predicted octanol–water partition coefficient (Wildman–Crippen LogP) is 1.84. The van der Waals surface area contributed by atoms with E-state index in [0.29, 0.717) is 0 Å². The quantitative estimate of drug-likeness (QED) is 0.749. The molecule has 5 nitrogen and oxygen atoms in total. The zero-order chi connectivity index (χ0) is 13.9. The molecule has 17 heavy (non-hydrogen) atoms. The smallest absolute Gasteiger partial charge is 0.310 e. The first-order valence-electron chi connectivity index (χ1n) is 5.49. The first-order valence-corrected chi connectivity index (χ1v) is 5.49. The fourth-order valence-electron chi connectivity index (χ4n) is 1.32. The summed E-state index contributed by atoms with van der Waals surface area (Å²) in [5.74, 6) is -2.53. The Morgan fingerprint density at radius 3 is 1.94 bits per heavy atom. The van der Waals surface area contributed by atoms with Gasteiger partial charge in [0.15, 0.2) is 0 Å². The minimum absolute atomic E-state index is 0.201. The molecule has 5 heteroatoms. The molecule has 0 rings (SSSR count). The monoisotopic (exact) mass is 246 g/mol. The standard InChI is InChI=1S/C12H22O5/c1-11(2,3)17-9(13)7-8(10(14)15)12(4,5)16-6/h8H,7H2,1-6H3,(H,14,15)/t8-/m1/s1. The number of carboxylic acid groups (broad SMARTS) is 1. The highest BCUT2D eigenvalue weighted by Crippen LogP contribution is 2.25. The number of hydrogen-bond acceptors (Lipinski definition) is 4. The van der Waals surface area contributed by atoms with Crippen molar-refractivity contribution in [1.82, 2.24) is 0 Å². The molecule has 0 fully saturated rings. The average Bonchev–Trinajstić information content (AvgIpc) is 2.10. The Balaban J connectivity index is 4.69. The molecule has 0 saturated heterocycles. The molecule has 0 aromatic heterocycles. The lowest BCUT2D eigenvalue weighted by Crippen LogP contribution is -2.41. The number of rotatable bonds is 5. The minimum atomic E-state index is -1.07. The van der Waals surface area contributed by atoms with E-state index in [1.807, 2.05) is 0 Å². The van der Waals surface area contributed by atoms with E-state index in [9.17, 15) is 9.59 Å². The van der Waals surface area contributed by atoms with Gasteiger partial charge in [0.25, 0.3) is 0 Å². The van der Waals surface area contributed by atoms with Crippen LogP contribution >= 0.6 is 0 Å². The van der Waals surface area contributed by atoms with E-state index in [1.54, 1.807) is 34.6 Å². The molecule has 0 aromatic carbocycles. The van der Waals surface area contributed by atoms with Gasteiger partial charge in [-0.2, -0.15) is 0 Å². The summed E-state index contributed by atoms with van der Waals surface area (Å²) in [5, 5.41) is 9.10. The van der Waals surface area contributed by atoms with E-state index in [1.165, 1.54) is 7.11 Å². The Morgan fingerprint density at radius 1 is 1.18 bits per heavy atom. The van der Waals surface area contributed by atoms with Crippen LogP contribution in [0.4, 0.5) is 0 Å². The molecule has 100 valence electrons. The zero-order valence-electron chi connectivity index (χ0n) is 11.4. The third-order valence-corrected chi connectivity index (χ3v) is 2.45. The van der Waals surface area contributed by atoms with Crippen molar-refractivity contribution >= 4 is 11.9 Å². The molecule has 0 unspecified atom stereocenters. The van der Waals surface area contributed by atoms with E-state index in [0.717, 1.165) is 0 Å². The Labute approximate surface area is 102 Å². The number of esters is 1. The fraction of sp³-hybridized carbons (Fsp3) is 0.833. The molecule has 0 bridgehead atoms. The van der Waals surface area contributed by atoms with E-state index in [2.05, 4.69) is 0 Å². The summed E-state index contributed by atoms with van der Waals surface area (Å²) in [5.41, 5.74) is -1.53. The molecule has 1 N–H and O–H groups in total. The number of hydrogen-bond donors (Lipinski definition) is 1. The van der Waals surface area contributed by atoms with Crippen LogP contribution in [0.1, 0.15) is 41.0 Å². The summed E-state index contributed by atoms with van der Waals surface area (Å²) in [6.45, 7) is 8.48. The largest absolute Gasteiger partial charge is 0.481 e. The summed E-state index contributed by atoms with van der Waals surface area (Å²) < 4.78 is 10.2. The predicted molar refractivity (Wildman–Crippen MR) is 62.7 cm³/mol. The number of carbonyl (C=O) groups excluding carboxylic acids is 1. The van der Waals surface area contributed by atoms with Gasteiger partial charge in [-0.3, -0.25) is 9.59 Å². The molecule has 0 aliphatic heterocycles. The van der Waals surface area contributed by atoms with Gasteiger partial charge in [-0.1, -0.05) is 0 Å². The molecule has 0 heterocycles. The van der Waals surface area contributed by atoms with E-state index in [4.69, 9.17) is 14.6 Å². The molecule has 0 aliphatic carbocycles. The van der Waals surface area contributed by atoms with Gasteiger partial charge in [0, 0.05) is 7.11 Å². The number of aliphatic carboxylic acids is 1. The van der Waals surface area contributed by atoms with Gasteiger partial charge in [0.2, 0.25) is 0 Å². The topological polar surface area (TPSA) is 72.8 Å². The van der Waals surface area contributed by atoms with Crippen molar-refractivity contribution in [3.63, 3.8) is 0 Å². The maximum atomic E-state index is 11.6. The maximum absolute atomic E-state index is 11.6. The number of methoxy groups -OCH3 is 1. The molecule has 0 aromatic rings. The van der Waals surface area contributed by atoms with Crippen LogP contribution in [-0.2, 0) is 19.1 Å². The summed E-state index contributed by atoms with van der Waals surface area (Å²) in [4.78, 5) is 22.7. The van der Waals surface area contributed by atoms with Gasteiger partial charge in [-0.15, -0.1) is 0 Å². The third kappa shape index (κ3) is 5.68. The van der Waals surface area contributed by atoms with Crippen LogP contribution in [0, 0.1) is 5.92 Å². The number of carboxylic acids is 1. The van der Waals surface area contributed by atoms with Crippen LogP contribution in [-0.4, -0.2) is 35.4 Å². The lowest BCUT2D eigenvalue weighted by atomic mass is 9.88. The summed E-state index contributed by atoms with van der Waals surface area (Å²) >= 11 is 0. The number of carbonyl (C=O) groups is 2. The van der Waals surface area contributed by atoms with Gasteiger partial charge in [0.1, 0.15) is 5.60 Å². The lowest BCUT2D eigenvalue weighted by Gasteiger charge is -2.30.